The first kappa shape index (κ1) is 17.3. The van der Waals surface area contributed by atoms with Crippen LogP contribution < -0.4 is 5.73 Å². The number of nitrogens with zero attached hydrogens (tertiary/aromatic N) is 1. The van der Waals surface area contributed by atoms with E-state index in [1.165, 1.54) is 18.1 Å². The van der Waals surface area contributed by atoms with Gasteiger partial charge in [0.25, 0.3) is 5.91 Å². The highest BCUT2D eigenvalue weighted by Crippen LogP contribution is 2.21. The molecule has 6 nitrogen and oxygen atoms in total. The van der Waals surface area contributed by atoms with Crippen LogP contribution in [0.5, 0.6) is 0 Å². The van der Waals surface area contributed by atoms with Crippen LogP contribution in [0.15, 0.2) is 18.2 Å². The molecule has 0 spiro atoms. The fraction of sp³-hybridized carbons (Fsp3) is 0.429. The summed E-state index contributed by atoms with van der Waals surface area (Å²) in [6.45, 7) is 0.947. The van der Waals surface area contributed by atoms with Crippen LogP contribution in [-0.4, -0.2) is 50.7 Å². The predicted octanol–water partition coefficient (Wildman–Crippen LogP) is 1.57. The summed E-state index contributed by atoms with van der Waals surface area (Å²) >= 11 is 6.04. The Balaban J connectivity index is 2.85. The molecule has 1 aromatic rings. The topological polar surface area (TPSA) is 81.9 Å². The van der Waals surface area contributed by atoms with E-state index in [0.29, 0.717) is 24.4 Å². The van der Waals surface area contributed by atoms with Crippen molar-refractivity contribution in [2.75, 3.05) is 39.6 Å². The SMILES string of the molecule is COCCN(CCC(=O)OC)C(=O)c1ccc(N)cc1Cl. The maximum absolute atomic E-state index is 12.5. The highest BCUT2D eigenvalue weighted by atomic mass is 35.5. The number of amides is 1. The van der Waals surface area contributed by atoms with Crippen molar-refractivity contribution in [1.29, 1.82) is 0 Å². The molecular weight excluding hydrogens is 296 g/mol. The molecule has 0 bridgehead atoms. The van der Waals surface area contributed by atoms with Crippen molar-refractivity contribution in [2.45, 2.75) is 6.42 Å². The second-order valence-corrected chi connectivity index (χ2v) is 4.76. The third kappa shape index (κ3) is 5.24. The van der Waals surface area contributed by atoms with E-state index in [4.69, 9.17) is 22.1 Å². The van der Waals surface area contributed by atoms with Crippen LogP contribution in [0.1, 0.15) is 16.8 Å². The van der Waals surface area contributed by atoms with Crippen LogP contribution in [-0.2, 0) is 14.3 Å². The number of hydrogen-bond acceptors (Lipinski definition) is 5. The molecule has 0 heterocycles. The average molecular weight is 315 g/mol. The number of ether oxygens (including phenoxy) is 2. The molecule has 0 atom stereocenters. The third-order valence-electron chi connectivity index (χ3n) is 2.89. The second kappa shape index (κ2) is 8.49. The quantitative estimate of drug-likeness (QED) is 0.610. The molecule has 0 aliphatic heterocycles. The summed E-state index contributed by atoms with van der Waals surface area (Å²) in [5.74, 6) is -0.658. The van der Waals surface area contributed by atoms with Gasteiger partial charge in [0.05, 0.1) is 30.7 Å². The standard InChI is InChI=1S/C14H19ClN2O4/c1-20-8-7-17(6-5-13(18)21-2)14(19)11-4-3-10(16)9-12(11)15/h3-4,9H,5-8,16H2,1-2H3. The molecule has 0 aliphatic carbocycles. The largest absolute Gasteiger partial charge is 0.469 e. The Kier molecular flexibility index (Phi) is 6.98. The lowest BCUT2D eigenvalue weighted by Gasteiger charge is -2.22. The number of anilines is 1. The number of benzene rings is 1. The molecule has 1 aromatic carbocycles. The van der Waals surface area contributed by atoms with Gasteiger partial charge in [-0.25, -0.2) is 0 Å². The van der Waals surface area contributed by atoms with Crippen LogP contribution in [0, 0.1) is 0 Å². The van der Waals surface area contributed by atoms with Gasteiger partial charge in [-0.05, 0) is 18.2 Å². The summed E-state index contributed by atoms with van der Waals surface area (Å²) < 4.78 is 9.56. The highest BCUT2D eigenvalue weighted by Gasteiger charge is 2.19. The molecule has 2 N–H and O–H groups in total. The number of carbonyl (C=O) groups excluding carboxylic acids is 2. The summed E-state index contributed by atoms with van der Waals surface area (Å²) in [5, 5.41) is 0.278. The van der Waals surface area contributed by atoms with Crippen molar-refractivity contribution in [2.24, 2.45) is 0 Å². The van der Waals surface area contributed by atoms with Gasteiger partial charge in [-0.2, -0.15) is 0 Å². The fourth-order valence-corrected chi connectivity index (χ4v) is 1.99. The van der Waals surface area contributed by atoms with Crippen molar-refractivity contribution in [3.63, 3.8) is 0 Å². The second-order valence-electron chi connectivity index (χ2n) is 4.35. The molecule has 0 aliphatic rings. The van der Waals surface area contributed by atoms with Crippen molar-refractivity contribution in [3.05, 3.63) is 28.8 Å². The third-order valence-corrected chi connectivity index (χ3v) is 3.20. The van der Waals surface area contributed by atoms with Gasteiger partial charge in [-0.3, -0.25) is 9.59 Å². The molecule has 0 fully saturated rings. The fourth-order valence-electron chi connectivity index (χ4n) is 1.72. The summed E-state index contributed by atoms with van der Waals surface area (Å²) in [6.07, 6.45) is 0.110. The number of carbonyl (C=O) groups is 2. The Morgan fingerprint density at radius 2 is 2.00 bits per heavy atom. The molecule has 7 heteroatoms. The number of methoxy groups -OCH3 is 2. The molecule has 21 heavy (non-hydrogen) atoms. The summed E-state index contributed by atoms with van der Waals surface area (Å²) in [6, 6.07) is 4.69. The minimum atomic E-state index is -0.381. The number of halogens is 1. The molecular formula is C14H19ClN2O4. The average Bonchev–Trinajstić information content (AvgIpc) is 2.46. The predicted molar refractivity (Wildman–Crippen MR) is 80.3 cm³/mol. The lowest BCUT2D eigenvalue weighted by atomic mass is 10.1. The van der Waals surface area contributed by atoms with Gasteiger partial charge in [0, 0.05) is 25.9 Å². The zero-order valence-corrected chi connectivity index (χ0v) is 12.9. The highest BCUT2D eigenvalue weighted by molar-refractivity contribution is 6.34. The maximum atomic E-state index is 12.5. The summed E-state index contributed by atoms with van der Waals surface area (Å²) in [4.78, 5) is 25.2. The van der Waals surface area contributed by atoms with Crippen LogP contribution in [0.3, 0.4) is 0 Å². The number of esters is 1. The van der Waals surface area contributed by atoms with E-state index in [1.807, 2.05) is 0 Å². The van der Waals surface area contributed by atoms with Crippen LogP contribution >= 0.6 is 11.6 Å². The molecule has 0 aromatic heterocycles. The van der Waals surface area contributed by atoms with E-state index in [1.54, 1.807) is 19.2 Å². The minimum absolute atomic E-state index is 0.110. The molecule has 1 amide bonds. The van der Waals surface area contributed by atoms with Crippen LogP contribution in [0.2, 0.25) is 5.02 Å². The monoisotopic (exact) mass is 314 g/mol. The molecule has 0 saturated carbocycles. The Hall–Kier alpha value is -1.79. The molecule has 116 valence electrons. The van der Waals surface area contributed by atoms with Gasteiger partial charge >= 0.3 is 5.97 Å². The summed E-state index contributed by atoms with van der Waals surface area (Å²) in [5.41, 5.74) is 6.43. The zero-order valence-electron chi connectivity index (χ0n) is 12.1. The number of rotatable bonds is 7. The lowest BCUT2D eigenvalue weighted by Crippen LogP contribution is -2.36. The van der Waals surface area contributed by atoms with Gasteiger partial charge in [0.2, 0.25) is 0 Å². The maximum Gasteiger partial charge on any atom is 0.307 e. The first-order valence-corrected chi connectivity index (χ1v) is 6.77. The van der Waals surface area contributed by atoms with Crippen molar-refractivity contribution >= 4 is 29.2 Å². The van der Waals surface area contributed by atoms with Gasteiger partial charge in [0.15, 0.2) is 0 Å². The number of nitrogen functional groups attached to an aromatic ring is 1. The van der Waals surface area contributed by atoms with Crippen molar-refractivity contribution in [1.82, 2.24) is 4.90 Å². The zero-order chi connectivity index (χ0) is 15.8. The van der Waals surface area contributed by atoms with Gasteiger partial charge < -0.3 is 20.1 Å². The van der Waals surface area contributed by atoms with E-state index < -0.39 is 0 Å². The smallest absolute Gasteiger partial charge is 0.307 e. The van der Waals surface area contributed by atoms with E-state index in [2.05, 4.69) is 4.74 Å². The Morgan fingerprint density at radius 3 is 2.57 bits per heavy atom. The molecule has 0 unspecified atom stereocenters. The van der Waals surface area contributed by atoms with E-state index >= 15 is 0 Å². The van der Waals surface area contributed by atoms with Crippen LogP contribution in [0.4, 0.5) is 5.69 Å². The number of hydrogen-bond donors (Lipinski definition) is 1. The molecule has 0 saturated heterocycles. The van der Waals surface area contributed by atoms with Gasteiger partial charge in [0.1, 0.15) is 0 Å². The number of nitrogens with two attached hydrogens (primary N) is 1. The summed E-state index contributed by atoms with van der Waals surface area (Å²) in [7, 11) is 2.85. The van der Waals surface area contributed by atoms with E-state index in [-0.39, 0.29) is 29.9 Å². The van der Waals surface area contributed by atoms with Crippen molar-refractivity contribution < 1.29 is 19.1 Å². The van der Waals surface area contributed by atoms with Gasteiger partial charge in [-0.15, -0.1) is 0 Å². The molecule has 0 radical (unpaired) electrons. The first-order valence-electron chi connectivity index (χ1n) is 6.39. The Morgan fingerprint density at radius 1 is 1.29 bits per heavy atom. The normalized spacial score (nSPS) is 10.2. The van der Waals surface area contributed by atoms with E-state index in [0.717, 1.165) is 0 Å². The van der Waals surface area contributed by atoms with Gasteiger partial charge in [-0.1, -0.05) is 11.6 Å². The lowest BCUT2D eigenvalue weighted by molar-refractivity contribution is -0.140. The minimum Gasteiger partial charge on any atom is -0.469 e. The Bertz CT molecular complexity index is 508. The van der Waals surface area contributed by atoms with E-state index in [9.17, 15) is 9.59 Å². The van der Waals surface area contributed by atoms with Crippen molar-refractivity contribution in [3.8, 4) is 0 Å². The van der Waals surface area contributed by atoms with Crippen LogP contribution in [0.25, 0.3) is 0 Å². The Labute approximate surface area is 128 Å². The molecule has 1 rings (SSSR count). The first-order chi connectivity index (χ1) is 9.99.